The van der Waals surface area contributed by atoms with E-state index in [-0.39, 0.29) is 178 Å². The Morgan fingerprint density at radius 1 is 0.524 bits per heavy atom. The van der Waals surface area contributed by atoms with Crippen molar-refractivity contribution < 1.29 is 106 Å². The zero-order valence-corrected chi connectivity index (χ0v) is 61.3. The average Bonchev–Trinajstić information content (AvgIpc) is 1.49. The van der Waals surface area contributed by atoms with E-state index in [2.05, 4.69) is 36.6 Å². The van der Waals surface area contributed by atoms with E-state index in [0.29, 0.717) is 31.4 Å². The number of hydrogen-bond donors (Lipinski definition) is 12. The summed E-state index contributed by atoms with van der Waals surface area (Å²) in [5.74, 6) is -11.2. The summed E-state index contributed by atoms with van der Waals surface area (Å²) < 4.78 is 21.4. The summed E-state index contributed by atoms with van der Waals surface area (Å²) in [6, 6.07) is -3.59. The molecule has 1 aromatic heterocycles. The minimum absolute atomic E-state index is 0.0357. The first-order valence-corrected chi connectivity index (χ1v) is 36.7. The number of aliphatic carboxylic acids is 3. The van der Waals surface area contributed by atoms with Gasteiger partial charge in [0.15, 0.2) is 11.6 Å². The first-order chi connectivity index (χ1) is 49.0. The molecule has 586 valence electrons. The second-order valence-electron chi connectivity index (χ2n) is 27.2. The largest absolute Gasteiger partial charge is 0.481 e. The van der Waals surface area contributed by atoms with E-state index in [1.807, 2.05) is 0 Å². The van der Waals surface area contributed by atoms with Crippen molar-refractivity contribution in [2.24, 2.45) is 34.6 Å². The van der Waals surface area contributed by atoms with Crippen LogP contribution in [0, 0.1) is 23.2 Å². The zero-order valence-electron chi connectivity index (χ0n) is 61.3. The monoisotopic (exact) mass is 1460 g/mol. The van der Waals surface area contributed by atoms with E-state index in [9.17, 15) is 87.5 Å². The Morgan fingerprint density at radius 3 is 1.52 bits per heavy atom. The number of ether oxygens (including phenoxy) is 4. The summed E-state index contributed by atoms with van der Waals surface area (Å²) in [4.78, 5) is 181. The van der Waals surface area contributed by atoms with Crippen LogP contribution >= 0.6 is 0 Å². The molecule has 0 spiro atoms. The summed E-state index contributed by atoms with van der Waals surface area (Å²) in [5, 5.41) is 52.1. The highest BCUT2D eigenvalue weighted by Gasteiger charge is 2.34. The molecule has 1 heterocycles. The maximum absolute atomic E-state index is 13.5. The minimum Gasteiger partial charge on any atom is -0.481 e. The van der Waals surface area contributed by atoms with E-state index in [4.69, 9.17) is 30.4 Å². The van der Waals surface area contributed by atoms with E-state index >= 15 is 0 Å². The van der Waals surface area contributed by atoms with Gasteiger partial charge in [0.1, 0.15) is 48.4 Å². The highest BCUT2D eigenvalue weighted by atomic mass is 16.5. The Bertz CT molecular complexity index is 2710. The van der Waals surface area contributed by atoms with Crippen LogP contribution in [0.25, 0.3) is 0 Å². The number of carbonyl (C=O) groups is 14. The molecule has 0 radical (unpaired) electrons. The van der Waals surface area contributed by atoms with Crippen LogP contribution in [0.15, 0.2) is 12.5 Å². The lowest BCUT2D eigenvalue weighted by molar-refractivity contribution is -0.145. The van der Waals surface area contributed by atoms with Crippen molar-refractivity contribution in [1.82, 2.24) is 36.6 Å². The van der Waals surface area contributed by atoms with Crippen molar-refractivity contribution in [3.8, 4) is 0 Å². The third kappa shape index (κ3) is 49.1. The van der Waals surface area contributed by atoms with Crippen LogP contribution < -0.4 is 38.1 Å². The molecule has 1 aromatic rings. The second-order valence-corrected chi connectivity index (χ2v) is 27.2. The predicted molar refractivity (Wildman–Crippen MR) is 379 cm³/mol. The SMILES string of the molecule is CC(=O)CCCCCCCCCCCCCCCCC(=O)C[C@@H](CCC(=O)NCCOCCOCC(=O)NCCOCCOCC(=O)C[C@@H](CCC(=O)N[C@@H](CCC(=O)NCCCC[C@H](CCC(=O)C(C)(C)CC(=O)[C@@H](N)Cc1cnc[nH]1)C(=O)CN[C@H](C(N)=O)[C@@H](C)O)C(=O)O)C(=O)O)C(=O)O. The number of Topliss-reactive ketones (excluding diaryl/α,β-unsaturated/α-hetero) is 6. The molecule has 0 bridgehead atoms. The number of amides is 5. The number of rotatable bonds is 70. The van der Waals surface area contributed by atoms with Crippen LogP contribution in [0.2, 0.25) is 0 Å². The number of carbonyl (C=O) groups excluding carboxylic acids is 11. The number of aliphatic hydroxyl groups excluding tert-OH is 1. The first-order valence-electron chi connectivity index (χ1n) is 36.7. The summed E-state index contributed by atoms with van der Waals surface area (Å²) in [5.41, 5.74) is 11.1. The van der Waals surface area contributed by atoms with Crippen LogP contribution in [0.5, 0.6) is 0 Å². The van der Waals surface area contributed by atoms with Crippen LogP contribution in [0.4, 0.5) is 0 Å². The van der Waals surface area contributed by atoms with Crippen molar-refractivity contribution in [3.63, 3.8) is 0 Å². The Balaban J connectivity index is 2.27. The number of unbranched alkanes of at least 4 members (excludes halogenated alkanes) is 14. The van der Waals surface area contributed by atoms with Crippen LogP contribution in [0.3, 0.4) is 0 Å². The quantitative estimate of drug-likeness (QED) is 0.0405. The maximum atomic E-state index is 13.5. The number of carboxylic acids is 3. The van der Waals surface area contributed by atoms with Gasteiger partial charge in [-0.3, -0.25) is 62.9 Å². The molecule has 0 aliphatic carbocycles. The molecular formula is C72H121N9O22. The number of aromatic amines is 1. The summed E-state index contributed by atoms with van der Waals surface area (Å²) in [7, 11) is 0. The number of imidazole rings is 1. The fourth-order valence-corrected chi connectivity index (χ4v) is 11.2. The molecule has 0 unspecified atom stereocenters. The van der Waals surface area contributed by atoms with Gasteiger partial charge in [-0.05, 0) is 65.2 Å². The summed E-state index contributed by atoms with van der Waals surface area (Å²) in [6.45, 7) is 6.05. The molecular weight excluding hydrogens is 1340 g/mol. The Hall–Kier alpha value is -7.29. The van der Waals surface area contributed by atoms with Crippen LogP contribution in [-0.2, 0) is 92.5 Å². The molecule has 31 heteroatoms. The fraction of sp³-hybridized carbons (Fsp3) is 0.764. The van der Waals surface area contributed by atoms with Gasteiger partial charge in [0.05, 0.1) is 76.5 Å². The molecule has 103 heavy (non-hydrogen) atoms. The number of nitrogens with one attached hydrogen (secondary N) is 6. The topological polar surface area (TPSA) is 498 Å². The standard InChI is InChI=1S/C72H121N9O22/c1-50(82)21-17-15-13-11-9-7-5-6-8-10-12-14-16-18-23-56(84)41-53(69(94)95)25-29-63(89)77-33-35-100-38-40-103-48-66(92)78-34-36-101-37-39-102-47-57(85)42-54(70(96)97)26-30-65(91)81-59(71(98)99)27-31-64(90)76-32-20-19-22-52(61(87)46-79-67(51(2)83)68(74)93)24-28-62(88)72(3,4)44-60(86)58(73)43-55-45-75-49-80-55/h45,49,51-54,58-59,67,79,83H,5-44,46-48,73H2,1-4H3,(H2,74,93)(H,75,80)(H,76,90)(H,77,89)(H,78,92)(H,81,91)(H,94,95)(H,96,97)(H,98,99)/t51-,52-,53-,54-,58+,59+,67+/m1/s1. The Kier molecular flexibility index (Phi) is 51.9. The van der Waals surface area contributed by atoms with Gasteiger partial charge in [-0.15, -0.1) is 0 Å². The lowest BCUT2D eigenvalue weighted by Gasteiger charge is -2.25. The number of nitrogens with zero attached hydrogens (tertiary/aromatic N) is 1. The smallest absolute Gasteiger partial charge is 0.326 e. The number of carboxylic acid groups (broad SMARTS) is 3. The molecule has 31 nitrogen and oxygen atoms in total. The van der Waals surface area contributed by atoms with Gasteiger partial charge < -0.3 is 81.9 Å². The molecule has 5 amide bonds. The normalized spacial score (nSPS) is 13.5. The molecule has 0 saturated heterocycles. The average molecular weight is 1460 g/mol. The molecule has 14 N–H and O–H groups in total. The van der Waals surface area contributed by atoms with Crippen LogP contribution in [0.1, 0.15) is 226 Å². The van der Waals surface area contributed by atoms with Gasteiger partial charge in [0.25, 0.3) is 0 Å². The number of aliphatic hydroxyl groups is 1. The van der Waals surface area contributed by atoms with E-state index < -0.39 is 114 Å². The molecule has 0 fully saturated rings. The predicted octanol–water partition coefficient (Wildman–Crippen LogP) is 4.27. The van der Waals surface area contributed by atoms with E-state index in [0.717, 1.165) is 38.5 Å². The van der Waals surface area contributed by atoms with Crippen molar-refractivity contribution in [2.45, 2.75) is 251 Å². The van der Waals surface area contributed by atoms with Crippen LogP contribution in [-0.4, -0.2) is 216 Å². The Labute approximate surface area is 605 Å². The third-order valence-corrected chi connectivity index (χ3v) is 17.5. The number of primary amides is 1. The first kappa shape index (κ1) is 93.7. The lowest BCUT2D eigenvalue weighted by atomic mass is 9.78. The highest BCUT2D eigenvalue weighted by Crippen LogP contribution is 2.28. The maximum Gasteiger partial charge on any atom is 0.326 e. The number of aromatic nitrogens is 2. The minimum atomic E-state index is -1.51. The van der Waals surface area contributed by atoms with Gasteiger partial charge in [0.2, 0.25) is 29.5 Å². The van der Waals surface area contributed by atoms with Gasteiger partial charge >= 0.3 is 17.9 Å². The third-order valence-electron chi connectivity index (χ3n) is 17.5. The molecule has 7 atom stereocenters. The van der Waals surface area contributed by atoms with Gasteiger partial charge in [-0.1, -0.05) is 97.3 Å². The summed E-state index contributed by atoms with van der Waals surface area (Å²) in [6.07, 6.45) is 17.8. The zero-order chi connectivity index (χ0) is 76.8. The molecule has 0 saturated carbocycles. The van der Waals surface area contributed by atoms with Gasteiger partial charge in [-0.25, -0.2) is 9.78 Å². The van der Waals surface area contributed by atoms with Crippen molar-refractivity contribution in [1.29, 1.82) is 0 Å². The summed E-state index contributed by atoms with van der Waals surface area (Å²) >= 11 is 0. The van der Waals surface area contributed by atoms with Gasteiger partial charge in [0, 0.05) is 107 Å². The van der Waals surface area contributed by atoms with Crippen molar-refractivity contribution in [2.75, 3.05) is 79.0 Å². The Morgan fingerprint density at radius 2 is 1.01 bits per heavy atom. The van der Waals surface area contributed by atoms with E-state index in [1.165, 1.54) is 64.6 Å². The van der Waals surface area contributed by atoms with E-state index in [1.54, 1.807) is 27.0 Å². The molecule has 0 aromatic carbocycles. The number of nitrogens with two attached hydrogens (primary N) is 2. The van der Waals surface area contributed by atoms with Crippen molar-refractivity contribution >= 4 is 82.1 Å². The molecule has 0 aliphatic heterocycles. The van der Waals surface area contributed by atoms with Gasteiger partial charge in [-0.2, -0.15) is 0 Å². The molecule has 1 rings (SSSR count). The fourth-order valence-electron chi connectivity index (χ4n) is 11.2. The second kappa shape index (κ2) is 57.1. The number of ketones is 6. The number of hydrogen-bond acceptors (Lipinski definition) is 22. The van der Waals surface area contributed by atoms with Crippen molar-refractivity contribution in [3.05, 3.63) is 18.2 Å². The number of H-pyrrole nitrogens is 1. The highest BCUT2D eigenvalue weighted by molar-refractivity contribution is 5.93. The lowest BCUT2D eigenvalue weighted by Crippen LogP contribution is -2.50. The molecule has 0 aliphatic rings.